The van der Waals surface area contributed by atoms with Gasteiger partial charge >= 0.3 is 6.09 Å². The van der Waals surface area contributed by atoms with Gasteiger partial charge in [-0.1, -0.05) is 48.9 Å². The highest BCUT2D eigenvalue weighted by Crippen LogP contribution is 2.48. The molecule has 0 aromatic heterocycles. The number of anilines is 1. The minimum Gasteiger partial charge on any atom is -0.495 e. The van der Waals surface area contributed by atoms with Crippen LogP contribution in [0.2, 0.25) is 5.02 Å². The first kappa shape index (κ1) is 28.7. The summed E-state index contributed by atoms with van der Waals surface area (Å²) in [5.41, 5.74) is 3.90. The van der Waals surface area contributed by atoms with Crippen LogP contribution in [0.4, 0.5) is 10.5 Å². The molecule has 1 amide bonds. The van der Waals surface area contributed by atoms with Crippen molar-refractivity contribution in [2.24, 2.45) is 5.92 Å². The Morgan fingerprint density at radius 1 is 1.32 bits per heavy atom. The number of amides is 1. The topological polar surface area (TPSA) is 63.3 Å². The van der Waals surface area contributed by atoms with Gasteiger partial charge in [0.2, 0.25) is 0 Å². The number of fused-ring (bicyclic) bond motifs is 5. The first-order chi connectivity index (χ1) is 17.6. The second-order valence-corrected chi connectivity index (χ2v) is 10.7. The predicted octanol–water partition coefficient (Wildman–Crippen LogP) is 6.44. The molecule has 2 fully saturated rings. The van der Waals surface area contributed by atoms with Gasteiger partial charge in [0.05, 0.1) is 24.5 Å². The third-order valence-corrected chi connectivity index (χ3v) is 7.95. The van der Waals surface area contributed by atoms with Crippen molar-refractivity contribution >= 4 is 23.4 Å². The molecule has 0 spiro atoms. The quantitative estimate of drug-likeness (QED) is 0.337. The van der Waals surface area contributed by atoms with Crippen molar-refractivity contribution in [3.05, 3.63) is 58.8 Å². The Hall–Kier alpha value is -2.88. The van der Waals surface area contributed by atoms with E-state index in [2.05, 4.69) is 69.8 Å². The van der Waals surface area contributed by atoms with E-state index in [0.29, 0.717) is 10.8 Å². The number of allylic oxidation sites excluding steroid dienone is 4. The number of terminal acetylenes is 1. The lowest BCUT2D eigenvalue weighted by Crippen LogP contribution is -2.48. The van der Waals surface area contributed by atoms with Crippen LogP contribution >= 0.6 is 11.6 Å². The maximum atomic E-state index is 12.2. The van der Waals surface area contributed by atoms with Gasteiger partial charge in [-0.05, 0) is 57.2 Å². The van der Waals surface area contributed by atoms with E-state index in [1.165, 1.54) is 5.57 Å². The van der Waals surface area contributed by atoms with Gasteiger partial charge in [0, 0.05) is 31.1 Å². The SMILES string of the molecule is C#C.C=C1CC[C@]2(C)O[C@H]2[C@H](C)C2CC(C/C=C/C=C(\C)Cc3cc(OC)c(Cl)c(c3)N1C)NC(=O)O2. The zero-order valence-corrected chi connectivity index (χ0v) is 23.3. The number of rotatable bonds is 1. The van der Waals surface area contributed by atoms with Crippen molar-refractivity contribution in [2.75, 3.05) is 19.1 Å². The Morgan fingerprint density at radius 2 is 2.05 bits per heavy atom. The predicted molar refractivity (Wildman–Crippen MR) is 150 cm³/mol. The molecule has 1 aromatic carbocycles. The van der Waals surface area contributed by atoms with E-state index in [1.807, 2.05) is 18.0 Å². The number of carbonyl (C=O) groups excluding carboxylic acids is 1. The number of methoxy groups -OCH3 is 1. The molecule has 0 radical (unpaired) electrons. The molecule has 2 unspecified atom stereocenters. The number of nitrogens with zero attached hydrogens (tertiary/aromatic N) is 1. The van der Waals surface area contributed by atoms with Crippen LogP contribution in [0, 0.1) is 18.8 Å². The minimum absolute atomic E-state index is 0.0485. The van der Waals surface area contributed by atoms with Gasteiger partial charge in [0.25, 0.3) is 0 Å². The monoisotopic (exact) mass is 526 g/mol. The van der Waals surface area contributed by atoms with Crippen molar-refractivity contribution in [3.63, 3.8) is 0 Å². The molecule has 4 bridgehead atoms. The van der Waals surface area contributed by atoms with E-state index < -0.39 is 0 Å². The van der Waals surface area contributed by atoms with E-state index in [-0.39, 0.29) is 35.9 Å². The molecular formula is C30H39ClN2O4. The number of ether oxygens (including phenoxy) is 3. The van der Waals surface area contributed by atoms with Crippen LogP contribution in [0.25, 0.3) is 0 Å². The highest BCUT2D eigenvalue weighted by molar-refractivity contribution is 6.34. The molecule has 4 rings (SSSR count). The summed E-state index contributed by atoms with van der Waals surface area (Å²) in [4.78, 5) is 14.3. The average Bonchev–Trinajstić information content (AvgIpc) is 3.56. The minimum atomic E-state index is -0.341. The Kier molecular flexibility index (Phi) is 9.39. The Labute approximate surface area is 226 Å². The van der Waals surface area contributed by atoms with Gasteiger partial charge in [-0.25, -0.2) is 4.79 Å². The third-order valence-electron chi connectivity index (χ3n) is 7.57. The first-order valence-electron chi connectivity index (χ1n) is 12.7. The molecule has 7 heteroatoms. The summed E-state index contributed by atoms with van der Waals surface area (Å²) < 4.78 is 17.4. The van der Waals surface area contributed by atoms with Crippen molar-refractivity contribution in [2.45, 2.75) is 76.7 Å². The summed E-state index contributed by atoms with van der Waals surface area (Å²) in [5, 5.41) is 3.54. The number of hydrogen-bond acceptors (Lipinski definition) is 5. The van der Waals surface area contributed by atoms with Crippen LogP contribution in [0.1, 0.15) is 52.0 Å². The molecule has 0 saturated carbocycles. The Morgan fingerprint density at radius 3 is 2.76 bits per heavy atom. The van der Waals surface area contributed by atoms with Gasteiger partial charge in [0.1, 0.15) is 16.9 Å². The Bertz CT molecular complexity index is 1090. The van der Waals surface area contributed by atoms with Crippen LogP contribution in [0.3, 0.4) is 0 Å². The lowest BCUT2D eigenvalue weighted by molar-refractivity contribution is 0.0221. The van der Waals surface area contributed by atoms with Gasteiger partial charge in [-0.3, -0.25) is 0 Å². The summed E-state index contributed by atoms with van der Waals surface area (Å²) in [5.74, 6) is 0.769. The molecule has 1 aromatic rings. The number of hydrogen-bond donors (Lipinski definition) is 1. The fourth-order valence-corrected chi connectivity index (χ4v) is 5.55. The molecular weight excluding hydrogens is 488 g/mol. The van der Waals surface area contributed by atoms with E-state index in [4.69, 9.17) is 25.8 Å². The highest BCUT2D eigenvalue weighted by Gasteiger charge is 2.57. The zero-order chi connectivity index (χ0) is 27.3. The van der Waals surface area contributed by atoms with E-state index in [1.54, 1.807) is 7.11 Å². The smallest absolute Gasteiger partial charge is 0.407 e. The molecule has 2 saturated heterocycles. The van der Waals surface area contributed by atoms with Gasteiger partial charge in [-0.2, -0.15) is 0 Å². The molecule has 0 aliphatic carbocycles. The number of carbonyl (C=O) groups is 1. The zero-order valence-electron chi connectivity index (χ0n) is 22.6. The van der Waals surface area contributed by atoms with Gasteiger partial charge in [0.15, 0.2) is 0 Å². The molecule has 6 nitrogen and oxygen atoms in total. The molecule has 5 atom stereocenters. The van der Waals surface area contributed by atoms with Crippen molar-refractivity contribution in [1.29, 1.82) is 0 Å². The molecule has 200 valence electrons. The number of nitrogens with one attached hydrogen (secondary N) is 1. The van der Waals surface area contributed by atoms with Gasteiger partial charge in [-0.15, -0.1) is 12.8 Å². The standard InChI is InChI=1S/C28H37ClN2O4.C2H2/c1-17-9-7-8-10-21-16-23(34-27(32)30-21)19(3)26-28(4,35-26)12-11-18(2)31(5)22-14-20(13-17)15-24(33-6)25(22)29;1-2/h7-9,14-15,19,21,23,26H,2,10-13,16H2,1,3-6H3,(H,30,32);1-2H/b8-7+,17-9+;/t19-,21?,23?,26+,28+;/m1./s1. The van der Waals surface area contributed by atoms with E-state index >= 15 is 0 Å². The lowest BCUT2D eigenvalue weighted by Gasteiger charge is -2.33. The molecule has 37 heavy (non-hydrogen) atoms. The summed E-state index contributed by atoms with van der Waals surface area (Å²) in [6, 6.07) is 4.16. The van der Waals surface area contributed by atoms with Gasteiger partial charge < -0.3 is 24.4 Å². The van der Waals surface area contributed by atoms with E-state index in [9.17, 15) is 4.79 Å². The number of halogens is 1. The van der Waals surface area contributed by atoms with Crippen molar-refractivity contribution < 1.29 is 19.0 Å². The van der Waals surface area contributed by atoms with Crippen LogP contribution in [0.15, 0.2) is 48.2 Å². The third kappa shape index (κ3) is 6.71. The molecule has 3 heterocycles. The second kappa shape index (κ2) is 12.1. The number of benzene rings is 1. The highest BCUT2D eigenvalue weighted by atomic mass is 35.5. The average molecular weight is 527 g/mol. The molecule has 3 aliphatic rings. The fourth-order valence-electron chi connectivity index (χ4n) is 5.24. The van der Waals surface area contributed by atoms with Crippen LogP contribution in [0.5, 0.6) is 5.75 Å². The Balaban J connectivity index is 0.00000186. The normalized spacial score (nSPS) is 32.3. The number of epoxide rings is 1. The summed E-state index contributed by atoms with van der Waals surface area (Å²) in [7, 11) is 3.63. The first-order valence-corrected chi connectivity index (χ1v) is 13.1. The molecule has 1 N–H and O–H groups in total. The second-order valence-electron chi connectivity index (χ2n) is 10.3. The lowest BCUT2D eigenvalue weighted by atomic mass is 9.86. The summed E-state index contributed by atoms with van der Waals surface area (Å²) >= 11 is 6.71. The van der Waals surface area contributed by atoms with Crippen LogP contribution < -0.4 is 15.0 Å². The largest absolute Gasteiger partial charge is 0.495 e. The summed E-state index contributed by atoms with van der Waals surface area (Å²) in [6.07, 6.45) is 17.7. The van der Waals surface area contributed by atoms with Crippen LogP contribution in [-0.2, 0) is 15.9 Å². The van der Waals surface area contributed by atoms with Crippen molar-refractivity contribution in [3.8, 4) is 18.6 Å². The number of alkyl carbamates (subject to hydrolysis) is 1. The van der Waals surface area contributed by atoms with E-state index in [0.717, 1.165) is 49.1 Å². The molecule has 3 aliphatic heterocycles. The maximum Gasteiger partial charge on any atom is 0.407 e. The van der Waals surface area contributed by atoms with Crippen molar-refractivity contribution in [1.82, 2.24) is 5.32 Å². The maximum absolute atomic E-state index is 12.2. The van der Waals surface area contributed by atoms with Crippen LogP contribution in [-0.4, -0.2) is 44.1 Å². The summed E-state index contributed by atoms with van der Waals surface area (Å²) in [6.45, 7) is 10.7. The fraction of sp³-hybridized carbons (Fsp3) is 0.500.